The lowest BCUT2D eigenvalue weighted by Gasteiger charge is -2.08. The Balaban J connectivity index is 2.55. The van der Waals surface area contributed by atoms with Crippen LogP contribution < -0.4 is 4.74 Å². The number of hydrogen-bond donors (Lipinski definition) is 1. The molecule has 0 heterocycles. The van der Waals surface area contributed by atoms with Crippen molar-refractivity contribution in [2.75, 3.05) is 6.61 Å². The number of ether oxygens (including phenoxy) is 1. The predicted octanol–water partition coefficient (Wildman–Crippen LogP) is 3.60. The first-order chi connectivity index (χ1) is 7.27. The SMILES string of the molecule is C=Cc1ccc(O)c(OCCCCC)c1. The van der Waals surface area contributed by atoms with Crippen molar-refractivity contribution >= 4 is 6.08 Å². The van der Waals surface area contributed by atoms with Gasteiger partial charge < -0.3 is 9.84 Å². The Bertz CT molecular complexity index is 318. The first-order valence-electron chi connectivity index (χ1n) is 5.36. The molecule has 1 aromatic rings. The zero-order valence-corrected chi connectivity index (χ0v) is 9.20. The maximum absolute atomic E-state index is 9.53. The Labute approximate surface area is 91.2 Å². The molecule has 0 aliphatic heterocycles. The first-order valence-corrected chi connectivity index (χ1v) is 5.36. The Kier molecular flexibility index (Phi) is 4.75. The van der Waals surface area contributed by atoms with E-state index >= 15 is 0 Å². The highest BCUT2D eigenvalue weighted by molar-refractivity contribution is 5.53. The molecule has 0 amide bonds. The molecule has 2 heteroatoms. The van der Waals surface area contributed by atoms with Crippen molar-refractivity contribution in [1.82, 2.24) is 0 Å². The zero-order chi connectivity index (χ0) is 11.1. The van der Waals surface area contributed by atoms with E-state index < -0.39 is 0 Å². The van der Waals surface area contributed by atoms with Crippen molar-refractivity contribution in [3.63, 3.8) is 0 Å². The normalized spacial score (nSPS) is 9.93. The van der Waals surface area contributed by atoms with Gasteiger partial charge in [-0.25, -0.2) is 0 Å². The molecule has 0 aliphatic carbocycles. The van der Waals surface area contributed by atoms with Gasteiger partial charge in [0.15, 0.2) is 11.5 Å². The second-order valence-corrected chi connectivity index (χ2v) is 3.49. The summed E-state index contributed by atoms with van der Waals surface area (Å²) in [6, 6.07) is 5.24. The zero-order valence-electron chi connectivity index (χ0n) is 9.20. The lowest BCUT2D eigenvalue weighted by atomic mass is 10.2. The summed E-state index contributed by atoms with van der Waals surface area (Å²) in [5.74, 6) is 0.737. The fraction of sp³-hybridized carbons (Fsp3) is 0.385. The quantitative estimate of drug-likeness (QED) is 0.720. The molecule has 1 aromatic carbocycles. The average Bonchev–Trinajstić information content (AvgIpc) is 2.26. The molecule has 0 spiro atoms. The maximum atomic E-state index is 9.53. The summed E-state index contributed by atoms with van der Waals surface area (Å²) in [4.78, 5) is 0. The van der Waals surface area contributed by atoms with Crippen LogP contribution in [0.1, 0.15) is 31.7 Å². The van der Waals surface area contributed by atoms with Crippen molar-refractivity contribution < 1.29 is 9.84 Å². The van der Waals surface area contributed by atoms with Crippen LogP contribution in [0, 0.1) is 0 Å². The molecule has 0 saturated carbocycles. The van der Waals surface area contributed by atoms with Gasteiger partial charge >= 0.3 is 0 Å². The van der Waals surface area contributed by atoms with Gasteiger partial charge in [-0.3, -0.25) is 0 Å². The number of aromatic hydroxyl groups is 1. The van der Waals surface area contributed by atoms with Crippen LogP contribution in [0.4, 0.5) is 0 Å². The van der Waals surface area contributed by atoms with E-state index in [1.54, 1.807) is 24.3 Å². The Morgan fingerprint density at radius 2 is 2.20 bits per heavy atom. The van der Waals surface area contributed by atoms with Crippen molar-refractivity contribution in [1.29, 1.82) is 0 Å². The molecule has 0 radical (unpaired) electrons. The van der Waals surface area contributed by atoms with Gasteiger partial charge in [0, 0.05) is 0 Å². The third kappa shape index (κ3) is 3.66. The van der Waals surface area contributed by atoms with Crippen LogP contribution in [0.5, 0.6) is 11.5 Å². The average molecular weight is 206 g/mol. The van der Waals surface area contributed by atoms with Gasteiger partial charge in [0.25, 0.3) is 0 Å². The maximum Gasteiger partial charge on any atom is 0.161 e. The number of phenols is 1. The molecule has 0 saturated heterocycles. The van der Waals surface area contributed by atoms with E-state index in [0.29, 0.717) is 12.4 Å². The van der Waals surface area contributed by atoms with E-state index in [0.717, 1.165) is 18.4 Å². The molecule has 2 nitrogen and oxygen atoms in total. The van der Waals surface area contributed by atoms with E-state index in [2.05, 4.69) is 13.5 Å². The molecule has 1 rings (SSSR count). The van der Waals surface area contributed by atoms with Crippen molar-refractivity contribution in [2.45, 2.75) is 26.2 Å². The van der Waals surface area contributed by atoms with Gasteiger partial charge in [0.1, 0.15) is 0 Å². The molecule has 1 N–H and O–H groups in total. The minimum absolute atomic E-state index is 0.192. The third-order valence-electron chi connectivity index (χ3n) is 2.23. The smallest absolute Gasteiger partial charge is 0.161 e. The monoisotopic (exact) mass is 206 g/mol. The molecular formula is C13H18O2. The number of hydrogen-bond acceptors (Lipinski definition) is 2. The van der Waals surface area contributed by atoms with Crippen LogP contribution >= 0.6 is 0 Å². The van der Waals surface area contributed by atoms with Gasteiger partial charge in [-0.15, -0.1) is 0 Å². The molecule has 0 aromatic heterocycles. The molecule has 82 valence electrons. The number of phenolic OH excluding ortho intramolecular Hbond substituents is 1. The number of benzene rings is 1. The lowest BCUT2D eigenvalue weighted by Crippen LogP contribution is -1.97. The highest BCUT2D eigenvalue weighted by Crippen LogP contribution is 2.27. The molecular weight excluding hydrogens is 188 g/mol. The Morgan fingerprint density at radius 1 is 1.40 bits per heavy atom. The van der Waals surface area contributed by atoms with Crippen LogP contribution in [-0.2, 0) is 0 Å². The topological polar surface area (TPSA) is 29.5 Å². The first kappa shape index (κ1) is 11.6. The van der Waals surface area contributed by atoms with Gasteiger partial charge in [0.2, 0.25) is 0 Å². The Hall–Kier alpha value is -1.44. The Morgan fingerprint density at radius 3 is 2.87 bits per heavy atom. The van der Waals surface area contributed by atoms with Crippen molar-refractivity contribution in [3.05, 3.63) is 30.3 Å². The van der Waals surface area contributed by atoms with E-state index in [4.69, 9.17) is 4.74 Å². The summed E-state index contributed by atoms with van der Waals surface area (Å²) in [6.07, 6.45) is 5.08. The highest BCUT2D eigenvalue weighted by Gasteiger charge is 2.01. The summed E-state index contributed by atoms with van der Waals surface area (Å²) >= 11 is 0. The van der Waals surface area contributed by atoms with Gasteiger partial charge in [-0.05, 0) is 24.1 Å². The van der Waals surface area contributed by atoms with E-state index in [1.807, 2.05) is 0 Å². The molecule has 0 bridgehead atoms. The van der Waals surface area contributed by atoms with Crippen LogP contribution in [0.2, 0.25) is 0 Å². The van der Waals surface area contributed by atoms with Gasteiger partial charge in [-0.1, -0.05) is 38.5 Å². The summed E-state index contributed by atoms with van der Waals surface area (Å²) < 4.78 is 5.48. The van der Waals surface area contributed by atoms with E-state index in [-0.39, 0.29) is 5.75 Å². The summed E-state index contributed by atoms with van der Waals surface area (Å²) in [7, 11) is 0. The van der Waals surface area contributed by atoms with Crippen molar-refractivity contribution in [2.24, 2.45) is 0 Å². The van der Waals surface area contributed by atoms with Crippen LogP contribution in [-0.4, -0.2) is 11.7 Å². The second kappa shape index (κ2) is 6.12. The van der Waals surface area contributed by atoms with Crippen molar-refractivity contribution in [3.8, 4) is 11.5 Å². The summed E-state index contributed by atoms with van der Waals surface area (Å²) in [5.41, 5.74) is 0.957. The molecule has 0 atom stereocenters. The van der Waals surface area contributed by atoms with E-state index in [9.17, 15) is 5.11 Å². The van der Waals surface area contributed by atoms with Gasteiger partial charge in [0.05, 0.1) is 6.61 Å². The molecule has 15 heavy (non-hydrogen) atoms. The highest BCUT2D eigenvalue weighted by atomic mass is 16.5. The fourth-order valence-corrected chi connectivity index (χ4v) is 1.31. The predicted molar refractivity (Wildman–Crippen MR) is 63.2 cm³/mol. The van der Waals surface area contributed by atoms with Crippen LogP contribution in [0.3, 0.4) is 0 Å². The second-order valence-electron chi connectivity index (χ2n) is 3.49. The largest absolute Gasteiger partial charge is 0.504 e. The third-order valence-corrected chi connectivity index (χ3v) is 2.23. The standard InChI is InChI=1S/C13H18O2/c1-3-5-6-9-15-13-10-11(4-2)7-8-12(13)14/h4,7-8,10,14H,2-3,5-6,9H2,1H3. The minimum Gasteiger partial charge on any atom is -0.504 e. The molecule has 0 unspecified atom stereocenters. The number of rotatable bonds is 6. The molecule has 0 aliphatic rings. The fourth-order valence-electron chi connectivity index (χ4n) is 1.31. The summed E-state index contributed by atoms with van der Waals surface area (Å²) in [5, 5.41) is 9.53. The summed E-state index contributed by atoms with van der Waals surface area (Å²) in [6.45, 7) is 6.48. The minimum atomic E-state index is 0.192. The lowest BCUT2D eigenvalue weighted by molar-refractivity contribution is 0.290. The van der Waals surface area contributed by atoms with Crippen LogP contribution in [0.25, 0.3) is 6.08 Å². The van der Waals surface area contributed by atoms with Crippen LogP contribution in [0.15, 0.2) is 24.8 Å². The van der Waals surface area contributed by atoms with Gasteiger partial charge in [-0.2, -0.15) is 0 Å². The number of unbranched alkanes of at least 4 members (excludes halogenated alkanes) is 2. The molecule has 0 fully saturated rings. The van der Waals surface area contributed by atoms with E-state index in [1.165, 1.54) is 6.42 Å².